The summed E-state index contributed by atoms with van der Waals surface area (Å²) in [4.78, 5) is 4.68. The minimum Gasteiger partial charge on any atom is -0.334 e. The van der Waals surface area contributed by atoms with Crippen molar-refractivity contribution in [1.82, 2.24) is 9.55 Å². The smallest absolute Gasteiger partial charge is 0.112 e. The van der Waals surface area contributed by atoms with Gasteiger partial charge in [0, 0.05) is 18.7 Å². The van der Waals surface area contributed by atoms with Crippen molar-refractivity contribution >= 4 is 0 Å². The van der Waals surface area contributed by atoms with E-state index in [0.29, 0.717) is 5.92 Å². The normalized spacial score (nSPS) is 20.9. The Labute approximate surface area is 85.3 Å². The zero-order valence-corrected chi connectivity index (χ0v) is 8.87. The quantitative estimate of drug-likeness (QED) is 0.793. The predicted molar refractivity (Wildman–Crippen MR) is 57.3 cm³/mol. The lowest BCUT2D eigenvalue weighted by Gasteiger charge is -2.22. The SMILES string of the molecule is CCc1cn2c(n1)C(CCN)CCC2. The summed E-state index contributed by atoms with van der Waals surface area (Å²) >= 11 is 0. The number of nitrogens with zero attached hydrogens (tertiary/aromatic N) is 2. The predicted octanol–water partition coefficient (Wildman–Crippen LogP) is 1.67. The molecule has 3 heteroatoms. The number of hydrogen-bond acceptors (Lipinski definition) is 2. The lowest BCUT2D eigenvalue weighted by atomic mass is 9.96. The highest BCUT2D eigenvalue weighted by Crippen LogP contribution is 2.28. The molecule has 2 heterocycles. The highest BCUT2D eigenvalue weighted by molar-refractivity contribution is 5.10. The topological polar surface area (TPSA) is 43.8 Å². The summed E-state index contributed by atoms with van der Waals surface area (Å²) in [6.07, 6.45) is 6.86. The minimum atomic E-state index is 0.606. The van der Waals surface area contributed by atoms with E-state index in [-0.39, 0.29) is 0 Å². The van der Waals surface area contributed by atoms with E-state index < -0.39 is 0 Å². The molecule has 1 aliphatic rings. The van der Waals surface area contributed by atoms with Gasteiger partial charge in [-0.3, -0.25) is 0 Å². The third-order valence-electron chi connectivity index (χ3n) is 3.05. The molecular formula is C11H19N3. The maximum absolute atomic E-state index is 5.62. The van der Waals surface area contributed by atoms with Crippen LogP contribution in [0.25, 0.3) is 0 Å². The Hall–Kier alpha value is -0.830. The Morgan fingerprint density at radius 2 is 2.50 bits per heavy atom. The van der Waals surface area contributed by atoms with Gasteiger partial charge in [-0.25, -0.2) is 4.98 Å². The maximum Gasteiger partial charge on any atom is 0.112 e. The van der Waals surface area contributed by atoms with Crippen LogP contribution in [0.4, 0.5) is 0 Å². The number of aryl methyl sites for hydroxylation is 2. The van der Waals surface area contributed by atoms with Crippen LogP contribution in [0.3, 0.4) is 0 Å². The molecule has 0 bridgehead atoms. The first kappa shape index (κ1) is 9.71. The summed E-state index contributed by atoms with van der Waals surface area (Å²) in [5, 5.41) is 0. The van der Waals surface area contributed by atoms with Gasteiger partial charge in [-0.15, -0.1) is 0 Å². The molecule has 0 fully saturated rings. The van der Waals surface area contributed by atoms with Gasteiger partial charge >= 0.3 is 0 Å². The minimum absolute atomic E-state index is 0.606. The monoisotopic (exact) mass is 193 g/mol. The zero-order chi connectivity index (χ0) is 9.97. The van der Waals surface area contributed by atoms with E-state index in [4.69, 9.17) is 5.73 Å². The summed E-state index contributed by atoms with van der Waals surface area (Å²) in [5.74, 6) is 1.88. The molecule has 1 aliphatic heterocycles. The number of aromatic nitrogens is 2. The van der Waals surface area contributed by atoms with Gasteiger partial charge in [0.15, 0.2) is 0 Å². The van der Waals surface area contributed by atoms with Gasteiger partial charge < -0.3 is 10.3 Å². The summed E-state index contributed by atoms with van der Waals surface area (Å²) in [7, 11) is 0. The molecule has 0 radical (unpaired) electrons. The largest absolute Gasteiger partial charge is 0.334 e. The Kier molecular flexibility index (Phi) is 2.87. The van der Waals surface area contributed by atoms with Crippen molar-refractivity contribution in [3.05, 3.63) is 17.7 Å². The molecule has 2 rings (SSSR count). The highest BCUT2D eigenvalue weighted by Gasteiger charge is 2.21. The maximum atomic E-state index is 5.62. The number of nitrogens with two attached hydrogens (primary N) is 1. The zero-order valence-electron chi connectivity index (χ0n) is 8.87. The second-order valence-electron chi connectivity index (χ2n) is 4.05. The lowest BCUT2D eigenvalue weighted by Crippen LogP contribution is -2.18. The van der Waals surface area contributed by atoms with Gasteiger partial charge in [0.1, 0.15) is 5.82 Å². The van der Waals surface area contributed by atoms with Crippen molar-refractivity contribution in [3.63, 3.8) is 0 Å². The molecule has 1 aromatic rings. The Bertz CT molecular complexity index is 303. The summed E-state index contributed by atoms with van der Waals surface area (Å²) < 4.78 is 2.32. The fourth-order valence-corrected chi connectivity index (χ4v) is 2.27. The van der Waals surface area contributed by atoms with E-state index in [1.54, 1.807) is 0 Å². The van der Waals surface area contributed by atoms with Gasteiger partial charge in [-0.05, 0) is 32.2 Å². The summed E-state index contributed by atoms with van der Waals surface area (Å²) in [6.45, 7) is 4.08. The van der Waals surface area contributed by atoms with Crippen molar-refractivity contribution in [3.8, 4) is 0 Å². The summed E-state index contributed by atoms with van der Waals surface area (Å²) in [5.41, 5.74) is 6.84. The Balaban J connectivity index is 2.24. The van der Waals surface area contributed by atoms with Crippen LogP contribution in [0.15, 0.2) is 6.20 Å². The summed E-state index contributed by atoms with van der Waals surface area (Å²) in [6, 6.07) is 0. The molecule has 2 N–H and O–H groups in total. The third kappa shape index (κ3) is 1.69. The van der Waals surface area contributed by atoms with Gasteiger partial charge in [0.2, 0.25) is 0 Å². The molecule has 1 aromatic heterocycles. The van der Waals surface area contributed by atoms with Crippen LogP contribution in [-0.4, -0.2) is 16.1 Å². The van der Waals surface area contributed by atoms with E-state index in [1.165, 1.54) is 24.4 Å². The van der Waals surface area contributed by atoms with E-state index in [2.05, 4.69) is 22.7 Å². The van der Waals surface area contributed by atoms with Crippen LogP contribution in [0.1, 0.15) is 43.6 Å². The lowest BCUT2D eigenvalue weighted by molar-refractivity contribution is 0.428. The van der Waals surface area contributed by atoms with Crippen molar-refractivity contribution in [2.24, 2.45) is 5.73 Å². The standard InChI is InChI=1S/C11H19N3/c1-2-10-8-14-7-3-4-9(5-6-12)11(14)13-10/h8-9H,2-7,12H2,1H3. The molecule has 0 saturated carbocycles. The average Bonchev–Trinajstić information content (AvgIpc) is 2.62. The van der Waals surface area contributed by atoms with E-state index >= 15 is 0 Å². The van der Waals surface area contributed by atoms with Crippen LogP contribution in [0.5, 0.6) is 0 Å². The molecule has 78 valence electrons. The van der Waals surface area contributed by atoms with Crippen LogP contribution in [0, 0.1) is 0 Å². The first-order chi connectivity index (χ1) is 6.85. The molecule has 14 heavy (non-hydrogen) atoms. The van der Waals surface area contributed by atoms with Crippen LogP contribution >= 0.6 is 0 Å². The average molecular weight is 193 g/mol. The fraction of sp³-hybridized carbons (Fsp3) is 0.727. The Morgan fingerprint density at radius 3 is 3.21 bits per heavy atom. The highest BCUT2D eigenvalue weighted by atomic mass is 15.1. The van der Waals surface area contributed by atoms with Crippen molar-refractivity contribution in [2.75, 3.05) is 6.54 Å². The van der Waals surface area contributed by atoms with Crippen molar-refractivity contribution in [2.45, 2.75) is 45.1 Å². The van der Waals surface area contributed by atoms with Crippen LogP contribution in [0.2, 0.25) is 0 Å². The van der Waals surface area contributed by atoms with E-state index in [9.17, 15) is 0 Å². The molecule has 0 aliphatic carbocycles. The van der Waals surface area contributed by atoms with Gasteiger partial charge in [-0.1, -0.05) is 6.92 Å². The number of hydrogen-bond donors (Lipinski definition) is 1. The molecule has 0 amide bonds. The van der Waals surface area contributed by atoms with Crippen molar-refractivity contribution < 1.29 is 0 Å². The molecule has 0 aromatic carbocycles. The molecule has 0 saturated heterocycles. The first-order valence-corrected chi connectivity index (χ1v) is 5.61. The second kappa shape index (κ2) is 4.13. The second-order valence-corrected chi connectivity index (χ2v) is 4.05. The fourth-order valence-electron chi connectivity index (χ4n) is 2.27. The molecule has 0 spiro atoms. The van der Waals surface area contributed by atoms with E-state index in [1.807, 2.05) is 0 Å². The van der Waals surface area contributed by atoms with Crippen molar-refractivity contribution in [1.29, 1.82) is 0 Å². The number of fused-ring (bicyclic) bond motifs is 1. The molecule has 3 nitrogen and oxygen atoms in total. The van der Waals surface area contributed by atoms with Gasteiger partial charge in [0.05, 0.1) is 5.69 Å². The molecule has 1 atom stereocenters. The molecular weight excluding hydrogens is 174 g/mol. The Morgan fingerprint density at radius 1 is 1.64 bits per heavy atom. The van der Waals surface area contributed by atoms with Gasteiger partial charge in [-0.2, -0.15) is 0 Å². The number of rotatable bonds is 3. The molecule has 1 unspecified atom stereocenters. The van der Waals surface area contributed by atoms with Gasteiger partial charge in [0.25, 0.3) is 0 Å². The third-order valence-corrected chi connectivity index (χ3v) is 3.05. The number of imidazole rings is 1. The first-order valence-electron chi connectivity index (χ1n) is 5.61. The van der Waals surface area contributed by atoms with E-state index in [0.717, 1.165) is 25.9 Å². The van der Waals surface area contributed by atoms with Crippen LogP contribution in [-0.2, 0) is 13.0 Å². The van der Waals surface area contributed by atoms with Crippen LogP contribution < -0.4 is 5.73 Å².